The van der Waals surface area contributed by atoms with E-state index >= 15 is 13.2 Å². The predicted molar refractivity (Wildman–Crippen MR) is 198 cm³/mol. The van der Waals surface area contributed by atoms with E-state index < -0.39 is 54.8 Å². The molecule has 2 aliphatic rings. The molecule has 2 N–H and O–H groups in total. The highest BCUT2D eigenvalue weighted by Crippen LogP contribution is 2.43. The zero-order valence-electron chi connectivity index (χ0n) is 30.4. The first-order chi connectivity index (χ1) is 25.1. The van der Waals surface area contributed by atoms with E-state index in [4.69, 9.17) is 8.92 Å². The fraction of sp³-hybridized carbons (Fsp3) is 0.629. The Kier molecular flexibility index (Phi) is 13.3. The number of hydrogen-bond donors (Lipinski definition) is 2. The summed E-state index contributed by atoms with van der Waals surface area (Å²) < 4.78 is 107. The van der Waals surface area contributed by atoms with Gasteiger partial charge in [0.05, 0.1) is 42.1 Å². The van der Waals surface area contributed by atoms with Crippen LogP contribution < -0.4 is 25.8 Å². The molecule has 0 bridgehead atoms. The summed E-state index contributed by atoms with van der Waals surface area (Å²) in [7, 11) is -5.24. The second-order valence-electron chi connectivity index (χ2n) is 13.6. The molecule has 294 valence electrons. The van der Waals surface area contributed by atoms with E-state index in [-0.39, 0.29) is 79.1 Å². The van der Waals surface area contributed by atoms with Gasteiger partial charge in [-0.3, -0.25) is 8.98 Å². The average Bonchev–Trinajstić information content (AvgIpc) is 3.13. The Labute approximate surface area is 308 Å². The lowest BCUT2D eigenvalue weighted by Gasteiger charge is -2.31. The summed E-state index contributed by atoms with van der Waals surface area (Å²) in [6.07, 6.45) is 3.96. The van der Waals surface area contributed by atoms with Gasteiger partial charge >= 0.3 is 0 Å². The van der Waals surface area contributed by atoms with Crippen LogP contribution in [0.2, 0.25) is 0 Å². The molecule has 0 amide bonds. The van der Waals surface area contributed by atoms with Crippen LogP contribution in [0, 0.1) is 11.7 Å². The monoisotopic (exact) mass is 786 g/mol. The third-order valence-corrected chi connectivity index (χ3v) is 12.7. The van der Waals surface area contributed by atoms with Crippen molar-refractivity contribution in [1.82, 2.24) is 20.1 Å². The SMILES string of the molecule is CCS(=O)(=O)OCCCCCCCOc1nc(N2CCS(=O)(=O)CC2)cc2c(N[C@H](C)c3cccc(C(F)(F)C4CCNCC4)c3F)nn(C)c(=O)c12. The van der Waals surface area contributed by atoms with Crippen LogP contribution in [0.15, 0.2) is 29.1 Å². The first-order valence-corrected chi connectivity index (χ1v) is 21.5. The molecule has 0 saturated carbocycles. The lowest BCUT2D eigenvalue weighted by atomic mass is 9.86. The third-order valence-electron chi connectivity index (χ3n) is 9.86. The van der Waals surface area contributed by atoms with Crippen LogP contribution in [-0.4, -0.2) is 88.3 Å². The van der Waals surface area contributed by atoms with Gasteiger partial charge in [-0.15, -0.1) is 0 Å². The predicted octanol–water partition coefficient (Wildman–Crippen LogP) is 4.66. The molecule has 1 aromatic carbocycles. The van der Waals surface area contributed by atoms with Gasteiger partial charge in [-0.05, 0) is 58.7 Å². The number of aryl methyl sites for hydroxylation is 1. The number of ether oxygens (including phenoxy) is 1. The van der Waals surface area contributed by atoms with E-state index in [2.05, 4.69) is 20.7 Å². The molecular weight excluding hydrogens is 738 g/mol. The molecule has 2 saturated heterocycles. The molecule has 1 atom stereocenters. The molecule has 0 unspecified atom stereocenters. The zero-order chi connectivity index (χ0) is 38.4. The largest absolute Gasteiger partial charge is 0.477 e. The number of rotatable bonds is 17. The Bertz CT molecular complexity index is 2010. The highest BCUT2D eigenvalue weighted by molar-refractivity contribution is 7.91. The van der Waals surface area contributed by atoms with Crippen molar-refractivity contribution in [2.75, 3.05) is 66.9 Å². The minimum Gasteiger partial charge on any atom is -0.477 e. The standard InChI is InChI=1S/C35H49F3N6O7S2/c1-4-53(48,49)51-20-9-7-5-6-8-19-50-33-30-27(23-29(41-33)44-17-21-52(46,47)22-18-44)32(42-43(3)34(30)45)40-24(2)26-11-10-12-28(31(26)36)35(37,38)25-13-15-39-16-14-25/h10-12,23-25,39H,4-9,13-22H2,1-3H3,(H,40,42)/t24-/m1/s1. The van der Waals surface area contributed by atoms with Crippen LogP contribution in [0.4, 0.5) is 24.8 Å². The van der Waals surface area contributed by atoms with Gasteiger partial charge in [-0.2, -0.15) is 18.5 Å². The van der Waals surface area contributed by atoms with Crippen LogP contribution in [0.3, 0.4) is 0 Å². The number of benzene rings is 1. The fourth-order valence-corrected chi connectivity index (χ4v) is 8.37. The number of sulfone groups is 1. The van der Waals surface area contributed by atoms with Crippen molar-refractivity contribution >= 4 is 42.4 Å². The number of unbranched alkanes of at least 4 members (excludes halogenated alkanes) is 4. The molecule has 2 aromatic heterocycles. The van der Waals surface area contributed by atoms with Crippen LogP contribution in [0.25, 0.3) is 10.8 Å². The number of anilines is 2. The van der Waals surface area contributed by atoms with E-state index in [1.54, 1.807) is 17.9 Å². The van der Waals surface area contributed by atoms with Gasteiger partial charge < -0.3 is 20.3 Å². The molecule has 5 rings (SSSR count). The summed E-state index contributed by atoms with van der Waals surface area (Å²) in [5.74, 6) is -5.05. The van der Waals surface area contributed by atoms with Crippen LogP contribution >= 0.6 is 0 Å². The number of alkyl halides is 2. The Balaban J connectivity index is 1.40. The van der Waals surface area contributed by atoms with Crippen molar-refractivity contribution < 1.29 is 38.9 Å². The molecule has 3 aromatic rings. The van der Waals surface area contributed by atoms with Crippen molar-refractivity contribution in [1.29, 1.82) is 0 Å². The average molecular weight is 787 g/mol. The van der Waals surface area contributed by atoms with E-state index in [1.165, 1.54) is 26.1 Å². The maximum absolute atomic E-state index is 16.0. The molecular formula is C35H49F3N6O7S2. The molecule has 0 aliphatic carbocycles. The molecule has 18 heteroatoms. The Morgan fingerprint density at radius 1 is 1.08 bits per heavy atom. The molecule has 2 fully saturated rings. The minimum absolute atomic E-state index is 0.00505. The maximum Gasteiger partial charge on any atom is 0.280 e. The Hall–Kier alpha value is -3.48. The number of hydrogen-bond acceptors (Lipinski definition) is 12. The number of nitrogens with zero attached hydrogens (tertiary/aromatic N) is 4. The minimum atomic E-state index is -3.47. The van der Waals surface area contributed by atoms with Crippen molar-refractivity contribution in [2.45, 2.75) is 70.8 Å². The maximum atomic E-state index is 16.0. The van der Waals surface area contributed by atoms with Crippen LogP contribution in [0.5, 0.6) is 5.88 Å². The topological polar surface area (TPSA) is 162 Å². The number of piperidine rings is 1. The van der Waals surface area contributed by atoms with Gasteiger partial charge in [0.15, 0.2) is 15.7 Å². The Morgan fingerprint density at radius 3 is 2.42 bits per heavy atom. The first kappa shape index (κ1) is 40.7. The van der Waals surface area contributed by atoms with Crippen LogP contribution in [0.1, 0.15) is 76.0 Å². The number of pyridine rings is 1. The lowest BCUT2D eigenvalue weighted by molar-refractivity contribution is -0.0781. The quantitative estimate of drug-likeness (QED) is 0.144. The van der Waals surface area contributed by atoms with E-state index in [9.17, 15) is 21.6 Å². The van der Waals surface area contributed by atoms with E-state index in [0.717, 1.165) is 30.0 Å². The molecule has 4 heterocycles. The molecule has 0 radical (unpaired) electrons. The van der Waals surface area contributed by atoms with Gasteiger partial charge in [-0.25, -0.2) is 26.3 Å². The van der Waals surface area contributed by atoms with Crippen LogP contribution in [-0.2, 0) is 37.1 Å². The summed E-state index contributed by atoms with van der Waals surface area (Å²) >= 11 is 0. The zero-order valence-corrected chi connectivity index (χ0v) is 32.0. The van der Waals surface area contributed by atoms with Gasteiger partial charge in [0.25, 0.3) is 21.6 Å². The smallest absolute Gasteiger partial charge is 0.280 e. The summed E-state index contributed by atoms with van der Waals surface area (Å²) in [5.41, 5.74) is -1.16. The summed E-state index contributed by atoms with van der Waals surface area (Å²) in [4.78, 5) is 20.0. The summed E-state index contributed by atoms with van der Waals surface area (Å²) in [6.45, 7) is 4.68. The van der Waals surface area contributed by atoms with E-state index in [0.29, 0.717) is 37.1 Å². The lowest BCUT2D eigenvalue weighted by Crippen LogP contribution is -2.40. The number of halogens is 3. The molecule has 2 aliphatic heterocycles. The van der Waals surface area contributed by atoms with E-state index in [1.807, 2.05) is 0 Å². The fourth-order valence-electron chi connectivity index (χ4n) is 6.63. The van der Waals surface area contributed by atoms with Crippen molar-refractivity contribution in [3.63, 3.8) is 0 Å². The van der Waals surface area contributed by atoms with Gasteiger partial charge in [-0.1, -0.05) is 37.5 Å². The summed E-state index contributed by atoms with van der Waals surface area (Å²) in [6, 6.07) is 4.73. The third kappa shape index (κ3) is 9.99. The number of aromatic nitrogens is 3. The normalized spacial score (nSPS) is 17.6. The van der Waals surface area contributed by atoms with Gasteiger partial charge in [0.2, 0.25) is 5.88 Å². The molecule has 53 heavy (non-hydrogen) atoms. The van der Waals surface area contributed by atoms with Crippen molar-refractivity contribution in [2.24, 2.45) is 13.0 Å². The number of nitrogens with one attached hydrogen (secondary N) is 2. The number of fused-ring (bicyclic) bond motifs is 1. The second kappa shape index (κ2) is 17.3. The second-order valence-corrected chi connectivity index (χ2v) is 17.9. The first-order valence-electron chi connectivity index (χ1n) is 18.1. The van der Waals surface area contributed by atoms with Gasteiger partial charge in [0.1, 0.15) is 17.0 Å². The highest BCUT2D eigenvalue weighted by atomic mass is 32.2. The molecule has 13 nitrogen and oxygen atoms in total. The van der Waals surface area contributed by atoms with Crippen molar-refractivity contribution in [3.05, 3.63) is 51.6 Å². The van der Waals surface area contributed by atoms with Crippen molar-refractivity contribution in [3.8, 4) is 5.88 Å². The van der Waals surface area contributed by atoms with Gasteiger partial charge in [0, 0.05) is 37.0 Å². The molecule has 0 spiro atoms. The summed E-state index contributed by atoms with van der Waals surface area (Å²) in [5, 5.41) is 11.0. The highest BCUT2D eigenvalue weighted by Gasteiger charge is 2.44. The Morgan fingerprint density at radius 2 is 1.74 bits per heavy atom.